The third-order valence-electron chi connectivity index (χ3n) is 4.37. The third-order valence-corrected chi connectivity index (χ3v) is 4.37. The largest absolute Gasteiger partial charge is 0.292 e. The van der Waals surface area contributed by atoms with Crippen molar-refractivity contribution in [3.63, 3.8) is 0 Å². The number of likely N-dealkylation sites (tertiary alicyclic amines) is 1. The van der Waals surface area contributed by atoms with E-state index < -0.39 is 6.04 Å². The molecule has 4 nitrogen and oxygen atoms in total. The molecule has 0 aromatic heterocycles. The molecule has 0 radical (unpaired) electrons. The average Bonchev–Trinajstić information content (AvgIpc) is 2.79. The van der Waals surface area contributed by atoms with Crippen molar-refractivity contribution in [2.45, 2.75) is 25.8 Å². The summed E-state index contributed by atoms with van der Waals surface area (Å²) in [5.41, 5.74) is 0.526. The van der Waals surface area contributed by atoms with Crippen LogP contribution in [0.2, 0.25) is 0 Å². The summed E-state index contributed by atoms with van der Waals surface area (Å²) in [7, 11) is 0. The molecule has 21 heavy (non-hydrogen) atoms. The molecule has 0 saturated carbocycles. The van der Waals surface area contributed by atoms with Crippen molar-refractivity contribution in [2.24, 2.45) is 11.8 Å². The highest BCUT2D eigenvalue weighted by atomic mass is 16.2. The van der Waals surface area contributed by atoms with Gasteiger partial charge >= 0.3 is 0 Å². The highest BCUT2D eigenvalue weighted by Gasteiger charge is 2.49. The van der Waals surface area contributed by atoms with Crippen LogP contribution in [0.1, 0.15) is 30.1 Å². The number of allylic oxidation sites excluding steroid dienone is 2. The highest BCUT2D eigenvalue weighted by Crippen LogP contribution is 2.36. The lowest BCUT2D eigenvalue weighted by Gasteiger charge is -2.22. The number of hydrogen-bond acceptors (Lipinski definition) is 3. The maximum absolute atomic E-state index is 12.5. The van der Waals surface area contributed by atoms with Gasteiger partial charge in [-0.25, -0.2) is 0 Å². The zero-order chi connectivity index (χ0) is 15.0. The lowest BCUT2D eigenvalue weighted by molar-refractivity contribution is -0.141. The molecule has 108 valence electrons. The van der Waals surface area contributed by atoms with Crippen molar-refractivity contribution in [1.82, 2.24) is 4.90 Å². The summed E-state index contributed by atoms with van der Waals surface area (Å²) in [6.45, 7) is 1.63. The number of imide groups is 1. The van der Waals surface area contributed by atoms with Gasteiger partial charge in [0.05, 0.1) is 17.9 Å². The molecule has 1 aromatic carbocycles. The Morgan fingerprint density at radius 2 is 1.57 bits per heavy atom. The lowest BCUT2D eigenvalue weighted by Crippen LogP contribution is -2.43. The minimum absolute atomic E-state index is 0.191. The number of amides is 2. The van der Waals surface area contributed by atoms with Crippen molar-refractivity contribution in [1.29, 1.82) is 0 Å². The Kier molecular flexibility index (Phi) is 3.45. The Balaban J connectivity index is 1.85. The first-order valence-electron chi connectivity index (χ1n) is 7.22. The van der Waals surface area contributed by atoms with E-state index in [2.05, 4.69) is 0 Å². The van der Waals surface area contributed by atoms with E-state index in [1.165, 1.54) is 4.90 Å². The normalized spacial score (nSPS) is 25.9. The predicted octanol–water partition coefficient (Wildman–Crippen LogP) is 2.21. The van der Waals surface area contributed by atoms with Crippen LogP contribution in [0, 0.1) is 11.8 Å². The monoisotopic (exact) mass is 283 g/mol. The smallest absolute Gasteiger partial charge is 0.234 e. The Bertz CT molecular complexity index is 594. The number of carbonyl (C=O) groups is 3. The van der Waals surface area contributed by atoms with Gasteiger partial charge in [-0.2, -0.15) is 0 Å². The summed E-state index contributed by atoms with van der Waals surface area (Å²) in [6.07, 6.45) is 5.08. The van der Waals surface area contributed by atoms with Gasteiger partial charge in [-0.05, 0) is 19.8 Å². The second-order valence-electron chi connectivity index (χ2n) is 5.61. The molecule has 0 unspecified atom stereocenters. The molecule has 0 bridgehead atoms. The molecule has 0 spiro atoms. The molecule has 3 atom stereocenters. The van der Waals surface area contributed by atoms with E-state index in [9.17, 15) is 14.4 Å². The molecule has 1 aliphatic carbocycles. The molecule has 1 saturated heterocycles. The Labute approximate surface area is 123 Å². The van der Waals surface area contributed by atoms with Gasteiger partial charge in [0.15, 0.2) is 5.78 Å². The summed E-state index contributed by atoms with van der Waals surface area (Å²) < 4.78 is 0. The van der Waals surface area contributed by atoms with Crippen LogP contribution < -0.4 is 0 Å². The molecule has 2 aliphatic rings. The molecule has 1 aliphatic heterocycles. The van der Waals surface area contributed by atoms with E-state index in [0.29, 0.717) is 18.4 Å². The second kappa shape index (κ2) is 5.28. The summed E-state index contributed by atoms with van der Waals surface area (Å²) in [4.78, 5) is 38.5. The maximum atomic E-state index is 12.5. The first-order chi connectivity index (χ1) is 10.1. The zero-order valence-electron chi connectivity index (χ0n) is 11.9. The fourth-order valence-corrected chi connectivity index (χ4v) is 3.17. The molecule has 3 rings (SSSR count). The number of benzene rings is 1. The van der Waals surface area contributed by atoms with Crippen LogP contribution in [0.4, 0.5) is 0 Å². The fourth-order valence-electron chi connectivity index (χ4n) is 3.17. The molecular weight excluding hydrogens is 266 g/mol. The van der Waals surface area contributed by atoms with Gasteiger partial charge in [0.25, 0.3) is 0 Å². The highest BCUT2D eigenvalue weighted by molar-refractivity contribution is 6.11. The molecule has 1 aromatic rings. The number of rotatable bonds is 3. The van der Waals surface area contributed by atoms with Crippen LogP contribution in [-0.4, -0.2) is 28.5 Å². The second-order valence-corrected chi connectivity index (χ2v) is 5.61. The van der Waals surface area contributed by atoms with Crippen molar-refractivity contribution in [3.8, 4) is 0 Å². The summed E-state index contributed by atoms with van der Waals surface area (Å²) in [6, 6.07) is 8.05. The summed E-state index contributed by atoms with van der Waals surface area (Å²) in [5, 5.41) is 0. The molecular formula is C17H17NO3. The van der Waals surface area contributed by atoms with Gasteiger partial charge in [-0.1, -0.05) is 42.5 Å². The van der Waals surface area contributed by atoms with Crippen LogP contribution in [-0.2, 0) is 9.59 Å². The van der Waals surface area contributed by atoms with Crippen molar-refractivity contribution in [2.75, 3.05) is 0 Å². The predicted molar refractivity (Wildman–Crippen MR) is 77.4 cm³/mol. The number of Topliss-reactive ketones (excluding diaryl/α,β-unsaturated/α-hetero) is 1. The SMILES string of the molecule is C[C@H](C(=O)c1ccccc1)N1C(=O)[C@H]2CC=CC[C@H]2C1=O. The minimum Gasteiger partial charge on any atom is -0.292 e. The van der Waals surface area contributed by atoms with E-state index >= 15 is 0 Å². The molecule has 1 fully saturated rings. The molecule has 2 amide bonds. The van der Waals surface area contributed by atoms with Crippen molar-refractivity contribution < 1.29 is 14.4 Å². The van der Waals surface area contributed by atoms with Crippen LogP contribution in [0.3, 0.4) is 0 Å². The fraction of sp³-hybridized carbons (Fsp3) is 0.353. The first kappa shape index (κ1) is 13.7. The Hall–Kier alpha value is -2.23. The molecule has 0 N–H and O–H groups in total. The first-order valence-corrected chi connectivity index (χ1v) is 7.22. The van der Waals surface area contributed by atoms with Gasteiger partial charge < -0.3 is 0 Å². The standard InChI is InChI=1S/C17H17NO3/c1-11(15(19)12-7-3-2-4-8-12)18-16(20)13-9-5-6-10-14(13)17(18)21/h2-8,11,13-14H,9-10H2,1H3/t11-,13-,14+/m1/s1. The van der Waals surface area contributed by atoms with Crippen molar-refractivity contribution in [3.05, 3.63) is 48.0 Å². The van der Waals surface area contributed by atoms with E-state index in [1.54, 1.807) is 31.2 Å². The number of ketones is 1. The number of carbonyl (C=O) groups excluding carboxylic acids is 3. The van der Waals surface area contributed by atoms with Crippen LogP contribution in [0.15, 0.2) is 42.5 Å². The van der Waals surface area contributed by atoms with Gasteiger partial charge in [0, 0.05) is 5.56 Å². The summed E-state index contributed by atoms with van der Waals surface area (Å²) >= 11 is 0. The topological polar surface area (TPSA) is 54.5 Å². The number of hydrogen-bond donors (Lipinski definition) is 0. The molecule has 4 heteroatoms. The minimum atomic E-state index is -0.738. The quantitative estimate of drug-likeness (QED) is 0.485. The van der Waals surface area contributed by atoms with E-state index in [1.807, 2.05) is 18.2 Å². The van der Waals surface area contributed by atoms with Crippen LogP contribution in [0.25, 0.3) is 0 Å². The Morgan fingerprint density at radius 3 is 2.10 bits per heavy atom. The van der Waals surface area contributed by atoms with Crippen LogP contribution in [0.5, 0.6) is 0 Å². The van der Waals surface area contributed by atoms with E-state index in [-0.39, 0.29) is 29.4 Å². The van der Waals surface area contributed by atoms with Gasteiger partial charge in [-0.3, -0.25) is 19.3 Å². The summed E-state index contributed by atoms with van der Waals surface area (Å²) in [5.74, 6) is -1.16. The lowest BCUT2D eigenvalue weighted by atomic mass is 9.85. The van der Waals surface area contributed by atoms with E-state index in [4.69, 9.17) is 0 Å². The van der Waals surface area contributed by atoms with Crippen LogP contribution >= 0.6 is 0 Å². The van der Waals surface area contributed by atoms with Crippen molar-refractivity contribution >= 4 is 17.6 Å². The van der Waals surface area contributed by atoms with Gasteiger partial charge in [0.2, 0.25) is 11.8 Å². The zero-order valence-corrected chi connectivity index (χ0v) is 11.9. The maximum Gasteiger partial charge on any atom is 0.234 e. The molecule has 1 heterocycles. The average molecular weight is 283 g/mol. The third kappa shape index (κ3) is 2.20. The van der Waals surface area contributed by atoms with E-state index in [0.717, 1.165) is 0 Å². The number of fused-ring (bicyclic) bond motifs is 1. The number of nitrogens with zero attached hydrogens (tertiary/aromatic N) is 1. The Morgan fingerprint density at radius 1 is 1.05 bits per heavy atom. The van der Waals surface area contributed by atoms with Gasteiger partial charge in [0.1, 0.15) is 0 Å². The van der Waals surface area contributed by atoms with Gasteiger partial charge in [-0.15, -0.1) is 0 Å².